The van der Waals surface area contributed by atoms with Crippen LogP contribution in [0.1, 0.15) is 50.7 Å². The fourth-order valence-electron chi connectivity index (χ4n) is 3.68. The first-order valence-corrected chi connectivity index (χ1v) is 10.2. The van der Waals surface area contributed by atoms with Crippen LogP contribution in [0.3, 0.4) is 0 Å². The Morgan fingerprint density at radius 2 is 1.93 bits per heavy atom. The smallest absolute Gasteiger partial charge is 0.175 e. The van der Waals surface area contributed by atoms with E-state index in [0.29, 0.717) is 22.7 Å². The number of benzene rings is 1. The summed E-state index contributed by atoms with van der Waals surface area (Å²) < 4.78 is 5.37. The highest BCUT2D eigenvalue weighted by Gasteiger charge is 2.20. The third-order valence-corrected chi connectivity index (χ3v) is 5.87. The summed E-state index contributed by atoms with van der Waals surface area (Å²) in [5.41, 5.74) is 6.06. The highest BCUT2D eigenvalue weighted by atomic mass is 32.1. The first-order valence-electron chi connectivity index (χ1n) is 9.83. The SMILES string of the molecule is COc1ccncc1NC(=S)Nc1cccc2c1CCC(C)=CCC(C)C2C. The normalized spacial score (nSPS) is 19.4. The van der Waals surface area contributed by atoms with Crippen LogP contribution in [-0.2, 0) is 6.42 Å². The summed E-state index contributed by atoms with van der Waals surface area (Å²) in [7, 11) is 1.64. The largest absolute Gasteiger partial charge is 0.494 e. The molecule has 1 aromatic carbocycles. The van der Waals surface area contributed by atoms with E-state index in [0.717, 1.165) is 30.6 Å². The van der Waals surface area contributed by atoms with Crippen LogP contribution >= 0.6 is 12.2 Å². The fourth-order valence-corrected chi connectivity index (χ4v) is 3.90. The maximum atomic E-state index is 5.58. The molecule has 5 heteroatoms. The van der Waals surface area contributed by atoms with Crippen LogP contribution in [0.2, 0.25) is 0 Å². The van der Waals surface area contributed by atoms with Crippen molar-refractivity contribution in [1.82, 2.24) is 4.98 Å². The first kappa shape index (κ1) is 20.3. The molecular formula is C23H29N3OS. The Morgan fingerprint density at radius 3 is 2.71 bits per heavy atom. The Hall–Kier alpha value is -2.40. The molecule has 0 fully saturated rings. The molecule has 0 bridgehead atoms. The number of hydrogen-bond donors (Lipinski definition) is 2. The summed E-state index contributed by atoms with van der Waals surface area (Å²) in [4.78, 5) is 4.15. The molecule has 148 valence electrons. The van der Waals surface area contributed by atoms with E-state index in [2.05, 4.69) is 60.7 Å². The summed E-state index contributed by atoms with van der Waals surface area (Å²) in [5, 5.41) is 7.15. The molecule has 4 nitrogen and oxygen atoms in total. The van der Waals surface area contributed by atoms with Crippen molar-refractivity contribution in [1.29, 1.82) is 0 Å². The zero-order valence-corrected chi connectivity index (χ0v) is 17.9. The van der Waals surface area contributed by atoms with Crippen LogP contribution in [-0.4, -0.2) is 17.2 Å². The van der Waals surface area contributed by atoms with Gasteiger partial charge in [0.1, 0.15) is 11.4 Å². The third kappa shape index (κ3) is 4.71. The zero-order valence-electron chi connectivity index (χ0n) is 17.1. The highest BCUT2D eigenvalue weighted by Crippen LogP contribution is 2.35. The molecule has 3 rings (SSSR count). The van der Waals surface area contributed by atoms with Gasteiger partial charge in [-0.05, 0) is 67.4 Å². The van der Waals surface area contributed by atoms with Gasteiger partial charge in [-0.3, -0.25) is 4.98 Å². The van der Waals surface area contributed by atoms with Crippen molar-refractivity contribution < 1.29 is 4.74 Å². The average molecular weight is 396 g/mol. The van der Waals surface area contributed by atoms with Gasteiger partial charge in [-0.25, -0.2) is 0 Å². The van der Waals surface area contributed by atoms with Gasteiger partial charge in [0, 0.05) is 18.0 Å². The van der Waals surface area contributed by atoms with Crippen LogP contribution in [0.4, 0.5) is 11.4 Å². The summed E-state index contributed by atoms with van der Waals surface area (Å²) in [6.07, 6.45) is 9.02. The molecule has 1 heterocycles. The second kappa shape index (κ2) is 9.20. The lowest BCUT2D eigenvalue weighted by Gasteiger charge is -2.24. The van der Waals surface area contributed by atoms with E-state index in [-0.39, 0.29) is 0 Å². The van der Waals surface area contributed by atoms with Crippen molar-refractivity contribution >= 4 is 28.7 Å². The Labute approximate surface area is 173 Å². The molecule has 0 saturated carbocycles. The Kier molecular flexibility index (Phi) is 6.68. The molecule has 2 atom stereocenters. The minimum Gasteiger partial charge on any atom is -0.494 e. The van der Waals surface area contributed by atoms with Gasteiger partial charge < -0.3 is 15.4 Å². The van der Waals surface area contributed by atoms with Crippen LogP contribution in [0.5, 0.6) is 5.75 Å². The van der Waals surface area contributed by atoms with E-state index >= 15 is 0 Å². The number of pyridine rings is 1. The number of rotatable bonds is 3. The van der Waals surface area contributed by atoms with Crippen molar-refractivity contribution in [2.75, 3.05) is 17.7 Å². The maximum Gasteiger partial charge on any atom is 0.175 e. The second-order valence-corrected chi connectivity index (χ2v) is 7.99. The maximum absolute atomic E-state index is 5.58. The predicted octanol–water partition coefficient (Wildman–Crippen LogP) is 5.92. The molecule has 2 unspecified atom stereocenters. The van der Waals surface area contributed by atoms with Crippen molar-refractivity contribution in [2.24, 2.45) is 5.92 Å². The minimum atomic E-state index is 0.499. The van der Waals surface area contributed by atoms with Gasteiger partial charge in [-0.2, -0.15) is 0 Å². The molecule has 2 aromatic rings. The first-order chi connectivity index (χ1) is 13.5. The Morgan fingerprint density at radius 1 is 1.14 bits per heavy atom. The lowest BCUT2D eigenvalue weighted by Crippen LogP contribution is -2.21. The second-order valence-electron chi connectivity index (χ2n) is 7.58. The number of nitrogens with one attached hydrogen (secondary N) is 2. The number of hydrogen-bond acceptors (Lipinski definition) is 3. The lowest BCUT2D eigenvalue weighted by molar-refractivity contribution is 0.416. The monoisotopic (exact) mass is 395 g/mol. The van der Waals surface area contributed by atoms with E-state index < -0.39 is 0 Å². The third-order valence-electron chi connectivity index (χ3n) is 5.66. The number of methoxy groups -OCH3 is 1. The molecule has 0 amide bonds. The van der Waals surface area contributed by atoms with E-state index in [9.17, 15) is 0 Å². The average Bonchev–Trinajstić information content (AvgIpc) is 2.74. The molecule has 1 aliphatic rings. The number of thiocarbonyl (C=S) groups is 1. The molecule has 0 aliphatic heterocycles. The van der Waals surface area contributed by atoms with Crippen molar-refractivity contribution in [3.8, 4) is 5.75 Å². The molecule has 2 N–H and O–H groups in total. The number of ether oxygens (including phenoxy) is 1. The van der Waals surface area contributed by atoms with E-state index in [1.54, 1.807) is 19.5 Å². The molecule has 0 radical (unpaired) electrons. The Bertz CT molecular complexity index is 878. The number of nitrogens with zero attached hydrogens (tertiary/aromatic N) is 1. The van der Waals surface area contributed by atoms with Gasteiger partial charge >= 0.3 is 0 Å². The highest BCUT2D eigenvalue weighted by molar-refractivity contribution is 7.80. The number of fused-ring (bicyclic) bond motifs is 1. The van der Waals surface area contributed by atoms with Crippen LogP contribution in [0, 0.1) is 5.92 Å². The predicted molar refractivity (Wildman–Crippen MR) is 121 cm³/mol. The summed E-state index contributed by atoms with van der Waals surface area (Å²) in [5.74, 6) is 1.81. The van der Waals surface area contributed by atoms with E-state index in [4.69, 9.17) is 17.0 Å². The molecule has 0 saturated heterocycles. The topological polar surface area (TPSA) is 46.2 Å². The van der Waals surface area contributed by atoms with E-state index in [1.165, 1.54) is 16.7 Å². The molecule has 1 aliphatic carbocycles. The van der Waals surface area contributed by atoms with Crippen LogP contribution in [0.25, 0.3) is 0 Å². The van der Waals surface area contributed by atoms with Gasteiger partial charge in [-0.1, -0.05) is 37.6 Å². The summed E-state index contributed by atoms with van der Waals surface area (Å²) in [6.45, 7) is 6.91. The van der Waals surface area contributed by atoms with Gasteiger partial charge in [0.05, 0.1) is 13.3 Å². The van der Waals surface area contributed by atoms with Crippen LogP contribution in [0.15, 0.2) is 48.3 Å². The quantitative estimate of drug-likeness (QED) is 0.499. The Balaban J connectivity index is 1.86. The molecular weight excluding hydrogens is 366 g/mol. The van der Waals surface area contributed by atoms with Crippen molar-refractivity contribution in [3.05, 3.63) is 59.4 Å². The molecule has 0 spiro atoms. The number of allylic oxidation sites excluding steroid dienone is 2. The standard InChI is InChI=1S/C23H29N3OS/c1-15-8-10-16(2)17(3)18-6-5-7-20(19(18)11-9-15)25-23(28)26-21-14-24-13-12-22(21)27-4/h5-8,12-14,16-17H,9-11H2,1-4H3,(H2,25,26,28). The van der Waals surface area contributed by atoms with Crippen molar-refractivity contribution in [2.45, 2.75) is 46.0 Å². The van der Waals surface area contributed by atoms with E-state index in [1.807, 2.05) is 6.07 Å². The van der Waals surface area contributed by atoms with Gasteiger partial charge in [0.25, 0.3) is 0 Å². The summed E-state index contributed by atoms with van der Waals surface area (Å²) in [6, 6.07) is 8.31. The zero-order chi connectivity index (χ0) is 20.1. The van der Waals surface area contributed by atoms with Crippen molar-refractivity contribution in [3.63, 3.8) is 0 Å². The minimum absolute atomic E-state index is 0.499. The van der Waals surface area contributed by atoms with Gasteiger partial charge in [0.2, 0.25) is 0 Å². The molecule has 1 aromatic heterocycles. The lowest BCUT2D eigenvalue weighted by atomic mass is 9.83. The summed E-state index contributed by atoms with van der Waals surface area (Å²) >= 11 is 5.58. The number of anilines is 2. The molecule has 28 heavy (non-hydrogen) atoms. The van der Waals surface area contributed by atoms with Gasteiger partial charge in [0.15, 0.2) is 5.11 Å². The van der Waals surface area contributed by atoms with Crippen LogP contribution < -0.4 is 15.4 Å². The fraction of sp³-hybridized carbons (Fsp3) is 0.391. The number of aromatic nitrogens is 1. The van der Waals surface area contributed by atoms with Gasteiger partial charge in [-0.15, -0.1) is 0 Å².